The Morgan fingerprint density at radius 3 is 2.50 bits per heavy atom. The number of thioether (sulfide) groups is 1. The van der Waals surface area contributed by atoms with E-state index in [0.717, 1.165) is 12.3 Å². The van der Waals surface area contributed by atoms with Crippen molar-refractivity contribution in [3.63, 3.8) is 0 Å². The molecule has 0 N–H and O–H groups in total. The van der Waals surface area contributed by atoms with Gasteiger partial charge in [-0.25, -0.2) is 0 Å². The van der Waals surface area contributed by atoms with E-state index < -0.39 is 0 Å². The largest absolute Gasteiger partial charge is 0.465 e. The molecule has 0 saturated heterocycles. The highest BCUT2D eigenvalue weighted by atomic mass is 32.2. The number of carbonyl (C=O) groups is 1. The molecule has 0 saturated carbocycles. The van der Waals surface area contributed by atoms with Crippen LogP contribution < -0.4 is 0 Å². The quantitative estimate of drug-likeness (QED) is 0.543. The van der Waals surface area contributed by atoms with E-state index in [2.05, 4.69) is 49.9 Å². The molecule has 0 unspecified atom stereocenters. The molecule has 0 fully saturated rings. The van der Waals surface area contributed by atoms with Crippen LogP contribution in [0.25, 0.3) is 0 Å². The highest BCUT2D eigenvalue weighted by Crippen LogP contribution is 2.18. The molecule has 0 bridgehead atoms. The normalized spacial score (nSPS) is 11.1. The lowest BCUT2D eigenvalue weighted by molar-refractivity contribution is -0.144. The summed E-state index contributed by atoms with van der Waals surface area (Å²) in [4.78, 5) is 15.0. The zero-order valence-corrected chi connectivity index (χ0v) is 13.7. The van der Waals surface area contributed by atoms with E-state index in [1.54, 1.807) is 0 Å². The standard InChI is InChI=1S/C16H25NO2S/c1-5-19-16(18)12-17(13(2)3)10-11-20-15-8-6-14(4)7-9-15/h6-9,13H,5,10-12H2,1-4H3. The zero-order chi connectivity index (χ0) is 15.0. The Labute approximate surface area is 126 Å². The molecule has 0 aliphatic rings. The molecule has 0 aliphatic heterocycles. The van der Waals surface area contributed by atoms with Crippen molar-refractivity contribution in [2.75, 3.05) is 25.4 Å². The minimum Gasteiger partial charge on any atom is -0.465 e. The van der Waals surface area contributed by atoms with Crippen LogP contribution in [0.3, 0.4) is 0 Å². The summed E-state index contributed by atoms with van der Waals surface area (Å²) >= 11 is 1.82. The first-order chi connectivity index (χ1) is 9.52. The van der Waals surface area contributed by atoms with Gasteiger partial charge in [0, 0.05) is 23.2 Å². The van der Waals surface area contributed by atoms with E-state index in [-0.39, 0.29) is 5.97 Å². The van der Waals surface area contributed by atoms with Gasteiger partial charge < -0.3 is 4.74 Å². The molecule has 0 aliphatic carbocycles. The Morgan fingerprint density at radius 2 is 1.95 bits per heavy atom. The molecule has 0 aromatic heterocycles. The van der Waals surface area contributed by atoms with Crippen molar-refractivity contribution < 1.29 is 9.53 Å². The van der Waals surface area contributed by atoms with Crippen LogP contribution in [0.5, 0.6) is 0 Å². The molecule has 0 atom stereocenters. The average Bonchev–Trinajstić information content (AvgIpc) is 2.40. The van der Waals surface area contributed by atoms with Crippen LogP contribution in [-0.2, 0) is 9.53 Å². The first kappa shape index (κ1) is 17.1. The van der Waals surface area contributed by atoms with E-state index in [4.69, 9.17) is 4.74 Å². The van der Waals surface area contributed by atoms with Crippen LogP contribution >= 0.6 is 11.8 Å². The van der Waals surface area contributed by atoms with Crippen molar-refractivity contribution in [2.24, 2.45) is 0 Å². The van der Waals surface area contributed by atoms with Crippen LogP contribution in [0.1, 0.15) is 26.3 Å². The zero-order valence-electron chi connectivity index (χ0n) is 12.9. The molecule has 0 radical (unpaired) electrons. The maximum atomic E-state index is 11.6. The first-order valence-electron chi connectivity index (χ1n) is 7.12. The van der Waals surface area contributed by atoms with Gasteiger partial charge in [0.2, 0.25) is 0 Å². The summed E-state index contributed by atoms with van der Waals surface area (Å²) in [5.74, 6) is 0.835. The smallest absolute Gasteiger partial charge is 0.320 e. The number of nitrogens with zero attached hydrogens (tertiary/aromatic N) is 1. The molecule has 0 amide bonds. The van der Waals surface area contributed by atoms with Crippen LogP contribution in [0.4, 0.5) is 0 Å². The van der Waals surface area contributed by atoms with E-state index in [9.17, 15) is 4.79 Å². The molecular formula is C16H25NO2S. The van der Waals surface area contributed by atoms with Gasteiger partial charge in [0.25, 0.3) is 0 Å². The van der Waals surface area contributed by atoms with E-state index in [1.807, 2.05) is 18.7 Å². The number of esters is 1. The van der Waals surface area contributed by atoms with Crippen molar-refractivity contribution in [1.82, 2.24) is 4.90 Å². The molecule has 0 heterocycles. The first-order valence-corrected chi connectivity index (χ1v) is 8.10. The highest BCUT2D eigenvalue weighted by molar-refractivity contribution is 7.99. The third-order valence-corrected chi connectivity index (χ3v) is 4.03. The van der Waals surface area contributed by atoms with Gasteiger partial charge in [-0.15, -0.1) is 11.8 Å². The Balaban J connectivity index is 2.39. The van der Waals surface area contributed by atoms with Crippen molar-refractivity contribution in [1.29, 1.82) is 0 Å². The summed E-state index contributed by atoms with van der Waals surface area (Å²) in [6.45, 7) is 9.85. The molecule has 0 spiro atoms. The maximum Gasteiger partial charge on any atom is 0.320 e. The highest BCUT2D eigenvalue weighted by Gasteiger charge is 2.14. The van der Waals surface area contributed by atoms with Gasteiger partial charge >= 0.3 is 5.97 Å². The van der Waals surface area contributed by atoms with Gasteiger partial charge in [0.1, 0.15) is 0 Å². The molecule has 112 valence electrons. The predicted molar refractivity (Wildman–Crippen MR) is 85.2 cm³/mol. The summed E-state index contributed by atoms with van der Waals surface area (Å²) in [7, 11) is 0. The average molecular weight is 295 g/mol. The summed E-state index contributed by atoms with van der Waals surface area (Å²) in [6, 6.07) is 8.89. The van der Waals surface area contributed by atoms with Crippen molar-refractivity contribution in [3.8, 4) is 0 Å². The minimum atomic E-state index is -0.137. The number of hydrogen-bond acceptors (Lipinski definition) is 4. The van der Waals surface area contributed by atoms with Crippen molar-refractivity contribution >= 4 is 17.7 Å². The summed E-state index contributed by atoms with van der Waals surface area (Å²) in [6.07, 6.45) is 0. The van der Waals surface area contributed by atoms with E-state index in [1.165, 1.54) is 10.5 Å². The number of ether oxygens (including phenoxy) is 1. The third kappa shape index (κ3) is 6.44. The fourth-order valence-electron chi connectivity index (χ4n) is 1.81. The number of benzene rings is 1. The molecule has 4 heteroatoms. The summed E-state index contributed by atoms with van der Waals surface area (Å²) < 4.78 is 5.01. The SMILES string of the molecule is CCOC(=O)CN(CCSc1ccc(C)cc1)C(C)C. The fourth-order valence-corrected chi connectivity index (χ4v) is 2.70. The lowest BCUT2D eigenvalue weighted by atomic mass is 10.2. The van der Waals surface area contributed by atoms with Gasteiger partial charge in [-0.3, -0.25) is 9.69 Å². The van der Waals surface area contributed by atoms with Gasteiger partial charge in [0.15, 0.2) is 0 Å². The number of hydrogen-bond donors (Lipinski definition) is 0. The van der Waals surface area contributed by atoms with Crippen molar-refractivity contribution in [3.05, 3.63) is 29.8 Å². The molecule has 1 aromatic rings. The Bertz CT molecular complexity index is 403. The Morgan fingerprint density at radius 1 is 1.30 bits per heavy atom. The summed E-state index contributed by atoms with van der Waals surface area (Å²) in [5.41, 5.74) is 1.28. The molecule has 20 heavy (non-hydrogen) atoms. The summed E-state index contributed by atoms with van der Waals surface area (Å²) in [5, 5.41) is 0. The second kappa shape index (κ2) is 9.03. The number of aryl methyl sites for hydroxylation is 1. The third-order valence-electron chi connectivity index (χ3n) is 3.04. The molecule has 3 nitrogen and oxygen atoms in total. The van der Waals surface area contributed by atoms with Gasteiger partial charge in [0.05, 0.1) is 13.2 Å². The van der Waals surface area contributed by atoms with Gasteiger partial charge in [-0.2, -0.15) is 0 Å². The second-order valence-electron chi connectivity index (χ2n) is 5.03. The second-order valence-corrected chi connectivity index (χ2v) is 6.20. The molecule has 1 aromatic carbocycles. The number of carbonyl (C=O) groups excluding carboxylic acids is 1. The van der Waals surface area contributed by atoms with Crippen LogP contribution in [-0.4, -0.2) is 42.4 Å². The number of rotatable bonds is 8. The fraction of sp³-hybridized carbons (Fsp3) is 0.562. The lowest BCUT2D eigenvalue weighted by Gasteiger charge is -2.25. The molecular weight excluding hydrogens is 270 g/mol. The van der Waals surface area contributed by atoms with Crippen LogP contribution in [0.15, 0.2) is 29.2 Å². The predicted octanol–water partition coefficient (Wildman–Crippen LogP) is 3.36. The molecule has 1 rings (SSSR count). The lowest BCUT2D eigenvalue weighted by Crippen LogP contribution is -2.38. The van der Waals surface area contributed by atoms with Gasteiger partial charge in [-0.1, -0.05) is 17.7 Å². The van der Waals surface area contributed by atoms with Crippen LogP contribution in [0, 0.1) is 6.92 Å². The minimum absolute atomic E-state index is 0.137. The monoisotopic (exact) mass is 295 g/mol. The van der Waals surface area contributed by atoms with Gasteiger partial charge in [-0.05, 0) is 39.8 Å². The Hall–Kier alpha value is -1.00. The topological polar surface area (TPSA) is 29.5 Å². The van der Waals surface area contributed by atoms with Crippen molar-refractivity contribution in [2.45, 2.75) is 38.6 Å². The van der Waals surface area contributed by atoms with E-state index in [0.29, 0.717) is 19.2 Å². The maximum absolute atomic E-state index is 11.6. The van der Waals surface area contributed by atoms with E-state index >= 15 is 0 Å². The Kier molecular flexibility index (Phi) is 7.70. The van der Waals surface area contributed by atoms with Crippen LogP contribution in [0.2, 0.25) is 0 Å².